The van der Waals surface area contributed by atoms with E-state index in [1.54, 1.807) is 28.7 Å². The van der Waals surface area contributed by atoms with Gasteiger partial charge in [-0.25, -0.2) is 13.2 Å². The minimum absolute atomic E-state index is 0.0274. The van der Waals surface area contributed by atoms with Gasteiger partial charge in [-0.2, -0.15) is 5.26 Å². The summed E-state index contributed by atoms with van der Waals surface area (Å²) in [5.74, 6) is -0.985. The zero-order valence-corrected chi connectivity index (χ0v) is 8.93. The number of pyridine rings is 1. The Labute approximate surface area is 91.9 Å². The van der Waals surface area contributed by atoms with Gasteiger partial charge in [-0.1, -0.05) is 0 Å². The summed E-state index contributed by atoms with van der Waals surface area (Å²) in [4.78, 5) is 3.60. The fourth-order valence-corrected chi connectivity index (χ4v) is 1.38. The van der Waals surface area contributed by atoms with Crippen LogP contribution in [0.1, 0.15) is 17.7 Å². The molecule has 0 aliphatic rings. The highest BCUT2D eigenvalue weighted by molar-refractivity contribution is 14.1. The largest absolute Gasteiger partial charge is 0.268 e. The highest BCUT2D eigenvalue weighted by atomic mass is 127. The highest BCUT2D eigenvalue weighted by Crippen LogP contribution is 2.27. The van der Waals surface area contributed by atoms with Crippen LogP contribution >= 0.6 is 22.6 Å². The van der Waals surface area contributed by atoms with Crippen LogP contribution in [0.15, 0.2) is 6.20 Å². The van der Waals surface area contributed by atoms with Crippen molar-refractivity contribution in [2.75, 3.05) is 0 Å². The third-order valence-electron chi connectivity index (χ3n) is 1.56. The number of rotatable bonds is 2. The van der Waals surface area contributed by atoms with Crippen molar-refractivity contribution in [2.45, 2.75) is 12.8 Å². The maximum absolute atomic E-state index is 13.2. The van der Waals surface area contributed by atoms with Gasteiger partial charge in [0.05, 0.1) is 27.3 Å². The van der Waals surface area contributed by atoms with E-state index in [9.17, 15) is 13.2 Å². The molecule has 0 atom stereocenters. The van der Waals surface area contributed by atoms with Gasteiger partial charge in [-0.15, -0.1) is 0 Å². The molecule has 0 bridgehead atoms. The van der Waals surface area contributed by atoms with Crippen molar-refractivity contribution >= 4 is 22.6 Å². The van der Waals surface area contributed by atoms with E-state index in [2.05, 4.69) is 4.98 Å². The molecular weight excluding hydrogens is 308 g/mol. The monoisotopic (exact) mass is 312 g/mol. The molecule has 74 valence electrons. The van der Waals surface area contributed by atoms with Crippen molar-refractivity contribution in [3.05, 3.63) is 26.8 Å². The Bertz CT molecular complexity index is 387. The quantitative estimate of drug-likeness (QED) is 0.788. The van der Waals surface area contributed by atoms with E-state index in [1.807, 2.05) is 0 Å². The van der Waals surface area contributed by atoms with Crippen LogP contribution in [0, 0.1) is 20.7 Å². The molecule has 1 aromatic rings. The lowest BCUT2D eigenvalue weighted by molar-refractivity contribution is 0.144. The van der Waals surface area contributed by atoms with E-state index in [1.165, 1.54) is 0 Å². The van der Waals surface area contributed by atoms with E-state index in [0.29, 0.717) is 0 Å². The molecule has 2 nitrogen and oxygen atoms in total. The normalized spacial score (nSPS) is 10.3. The van der Waals surface area contributed by atoms with Crippen molar-refractivity contribution in [2.24, 2.45) is 0 Å². The van der Waals surface area contributed by atoms with Crippen molar-refractivity contribution in [1.29, 1.82) is 5.26 Å². The summed E-state index contributed by atoms with van der Waals surface area (Å²) in [6.45, 7) is 0. The molecule has 0 amide bonds. The van der Waals surface area contributed by atoms with E-state index < -0.39 is 17.8 Å². The molecule has 1 rings (SSSR count). The minimum Gasteiger partial charge on any atom is -0.258 e. The molecule has 6 heteroatoms. The molecular formula is C8H4F3IN2. The lowest BCUT2D eigenvalue weighted by Gasteiger charge is -2.07. The van der Waals surface area contributed by atoms with Gasteiger partial charge in [0.25, 0.3) is 6.43 Å². The highest BCUT2D eigenvalue weighted by Gasteiger charge is 2.21. The summed E-state index contributed by atoms with van der Waals surface area (Å²) < 4.78 is 38.0. The summed E-state index contributed by atoms with van der Waals surface area (Å²) in [5, 5.41) is 8.33. The Morgan fingerprint density at radius 1 is 1.57 bits per heavy atom. The molecule has 0 aliphatic carbocycles. The first kappa shape index (κ1) is 11.2. The Balaban J connectivity index is 3.31. The Hall–Kier alpha value is -0.840. The van der Waals surface area contributed by atoms with E-state index in [4.69, 9.17) is 5.26 Å². The molecule has 0 unspecified atom stereocenters. The summed E-state index contributed by atoms with van der Waals surface area (Å²) in [7, 11) is 0. The second-order valence-electron chi connectivity index (χ2n) is 2.42. The smallest absolute Gasteiger partial charge is 0.258 e. The molecule has 0 saturated carbocycles. The van der Waals surface area contributed by atoms with E-state index in [-0.39, 0.29) is 15.7 Å². The number of hydrogen-bond acceptors (Lipinski definition) is 2. The third-order valence-corrected chi connectivity index (χ3v) is 2.31. The van der Waals surface area contributed by atoms with Gasteiger partial charge in [0, 0.05) is 6.20 Å². The Morgan fingerprint density at radius 3 is 2.71 bits per heavy atom. The summed E-state index contributed by atoms with van der Waals surface area (Å²) in [6, 6.07) is 1.66. The lowest BCUT2D eigenvalue weighted by Crippen LogP contribution is -2.03. The van der Waals surface area contributed by atoms with Crippen LogP contribution < -0.4 is 0 Å². The fraction of sp³-hybridized carbons (Fsp3) is 0.250. The number of alkyl halides is 2. The number of nitriles is 1. The zero-order valence-electron chi connectivity index (χ0n) is 6.77. The first-order valence-corrected chi connectivity index (χ1v) is 4.63. The molecule has 0 N–H and O–H groups in total. The average molecular weight is 312 g/mol. The second-order valence-corrected chi connectivity index (χ2v) is 3.58. The Kier molecular flexibility index (Phi) is 3.69. The van der Waals surface area contributed by atoms with E-state index >= 15 is 0 Å². The van der Waals surface area contributed by atoms with Gasteiger partial charge < -0.3 is 0 Å². The van der Waals surface area contributed by atoms with Crippen LogP contribution in [0.3, 0.4) is 0 Å². The molecule has 14 heavy (non-hydrogen) atoms. The van der Waals surface area contributed by atoms with Crippen molar-refractivity contribution in [1.82, 2.24) is 4.98 Å². The van der Waals surface area contributed by atoms with Crippen LogP contribution in [-0.4, -0.2) is 4.98 Å². The number of nitrogens with zero attached hydrogens (tertiary/aromatic N) is 2. The van der Waals surface area contributed by atoms with Crippen LogP contribution in [0.4, 0.5) is 13.2 Å². The van der Waals surface area contributed by atoms with E-state index in [0.717, 1.165) is 6.20 Å². The fourth-order valence-electron chi connectivity index (χ4n) is 0.954. The van der Waals surface area contributed by atoms with Crippen molar-refractivity contribution in [3.8, 4) is 6.07 Å². The van der Waals surface area contributed by atoms with Crippen LogP contribution in [0.25, 0.3) is 0 Å². The minimum atomic E-state index is -2.94. The average Bonchev–Trinajstić information content (AvgIpc) is 2.11. The zero-order chi connectivity index (χ0) is 10.7. The summed E-state index contributed by atoms with van der Waals surface area (Å²) >= 11 is 1.57. The number of aromatic nitrogens is 1. The molecule has 0 spiro atoms. The summed E-state index contributed by atoms with van der Waals surface area (Å²) in [6.07, 6.45) is -2.12. The van der Waals surface area contributed by atoms with Crippen molar-refractivity contribution in [3.63, 3.8) is 0 Å². The maximum Gasteiger partial charge on any atom is 0.268 e. The van der Waals surface area contributed by atoms with Gasteiger partial charge in [0.1, 0.15) is 5.82 Å². The standard InChI is InChI=1S/C8H4F3IN2/c9-7-4(12)3-14-5(1-2-13)6(7)8(10)11/h3,8H,1H2. The van der Waals surface area contributed by atoms with Crippen molar-refractivity contribution < 1.29 is 13.2 Å². The summed E-state index contributed by atoms with van der Waals surface area (Å²) in [5.41, 5.74) is -0.959. The number of hydrogen-bond donors (Lipinski definition) is 0. The molecule has 1 heterocycles. The molecule has 1 aromatic heterocycles. The molecule has 0 saturated heterocycles. The number of halogens is 4. The maximum atomic E-state index is 13.2. The van der Waals surface area contributed by atoms with Gasteiger partial charge >= 0.3 is 0 Å². The van der Waals surface area contributed by atoms with Crippen LogP contribution in [-0.2, 0) is 6.42 Å². The third kappa shape index (κ3) is 2.15. The molecule has 0 radical (unpaired) electrons. The topological polar surface area (TPSA) is 36.7 Å². The van der Waals surface area contributed by atoms with Gasteiger partial charge in [0.2, 0.25) is 0 Å². The first-order valence-electron chi connectivity index (χ1n) is 3.55. The Morgan fingerprint density at radius 2 is 2.21 bits per heavy atom. The van der Waals surface area contributed by atoms with Gasteiger partial charge in [0.15, 0.2) is 0 Å². The van der Waals surface area contributed by atoms with Crippen LogP contribution in [0.2, 0.25) is 0 Å². The first-order chi connectivity index (χ1) is 6.57. The molecule has 0 fully saturated rings. The van der Waals surface area contributed by atoms with Gasteiger partial charge in [-0.3, -0.25) is 4.98 Å². The molecule has 0 aliphatic heterocycles. The van der Waals surface area contributed by atoms with Gasteiger partial charge in [-0.05, 0) is 22.6 Å². The molecule has 0 aromatic carbocycles. The second kappa shape index (κ2) is 4.59. The predicted molar refractivity (Wildman–Crippen MR) is 51.2 cm³/mol. The lowest BCUT2D eigenvalue weighted by atomic mass is 10.1. The SMILES string of the molecule is N#CCc1ncc(I)c(F)c1C(F)F. The predicted octanol–water partition coefficient (Wildman–Crippen LogP) is 2.83. The van der Waals surface area contributed by atoms with Crippen LogP contribution in [0.5, 0.6) is 0 Å².